The van der Waals surface area contributed by atoms with Gasteiger partial charge in [0.2, 0.25) is 10.0 Å². The van der Waals surface area contributed by atoms with Gasteiger partial charge in [-0.05, 0) is 31.0 Å². The summed E-state index contributed by atoms with van der Waals surface area (Å²) in [4.78, 5) is 12.1. The topological polar surface area (TPSA) is 119 Å². The summed E-state index contributed by atoms with van der Waals surface area (Å²) in [5.74, 6) is -0.244. The van der Waals surface area contributed by atoms with Crippen molar-refractivity contribution in [3.63, 3.8) is 0 Å². The molecule has 0 aromatic heterocycles. The maximum absolute atomic E-state index is 12.1. The molecule has 1 saturated heterocycles. The minimum Gasteiger partial charge on any atom is -0.399 e. The summed E-state index contributed by atoms with van der Waals surface area (Å²) >= 11 is 0. The van der Waals surface area contributed by atoms with E-state index >= 15 is 0 Å². The molecule has 1 amide bonds. The van der Waals surface area contributed by atoms with Crippen LogP contribution in [0.5, 0.6) is 0 Å². The van der Waals surface area contributed by atoms with Crippen molar-refractivity contribution in [1.29, 1.82) is 0 Å². The molecule has 116 valence electrons. The van der Waals surface area contributed by atoms with E-state index in [1.807, 2.05) is 0 Å². The van der Waals surface area contributed by atoms with Gasteiger partial charge in [-0.1, -0.05) is 0 Å². The molecule has 0 unspecified atom stereocenters. The molecule has 1 aliphatic heterocycles. The summed E-state index contributed by atoms with van der Waals surface area (Å²) in [5.41, 5.74) is 12.6. The van der Waals surface area contributed by atoms with Gasteiger partial charge in [0.15, 0.2) is 0 Å². The number of nitrogens with one attached hydrogen (secondary N) is 1. The minimum atomic E-state index is -3.15. The van der Waals surface area contributed by atoms with E-state index in [9.17, 15) is 13.2 Å². The number of benzene rings is 1. The van der Waals surface area contributed by atoms with Gasteiger partial charge in [-0.2, -0.15) is 0 Å². The van der Waals surface area contributed by atoms with Crippen molar-refractivity contribution in [3.05, 3.63) is 23.8 Å². The van der Waals surface area contributed by atoms with E-state index in [1.54, 1.807) is 18.2 Å². The second-order valence-electron chi connectivity index (χ2n) is 5.30. The fraction of sp³-hybridized carbons (Fsp3) is 0.462. The van der Waals surface area contributed by atoms with E-state index in [-0.39, 0.29) is 11.9 Å². The molecule has 1 aromatic rings. The molecule has 21 heavy (non-hydrogen) atoms. The number of hydrogen-bond donors (Lipinski definition) is 3. The van der Waals surface area contributed by atoms with Crippen LogP contribution in [0.2, 0.25) is 0 Å². The molecule has 0 bridgehead atoms. The average molecular weight is 312 g/mol. The monoisotopic (exact) mass is 312 g/mol. The maximum Gasteiger partial charge on any atom is 0.251 e. The first-order valence-corrected chi connectivity index (χ1v) is 8.52. The molecule has 0 aliphatic carbocycles. The smallest absolute Gasteiger partial charge is 0.251 e. The van der Waals surface area contributed by atoms with Gasteiger partial charge >= 0.3 is 0 Å². The third-order valence-electron chi connectivity index (χ3n) is 3.50. The van der Waals surface area contributed by atoms with Crippen molar-refractivity contribution in [2.75, 3.05) is 30.8 Å². The predicted octanol–water partition coefficient (Wildman–Crippen LogP) is 0.00480. The molecule has 1 fully saturated rings. The van der Waals surface area contributed by atoms with Gasteiger partial charge in [-0.15, -0.1) is 0 Å². The standard InChI is InChI=1S/C13H20N4O3S/c1-21(19,20)17-4-2-12(3-5-17)16-13(18)9-6-10(14)8-11(15)7-9/h6-8,12H,2-5,14-15H2,1H3,(H,16,18). The van der Waals surface area contributed by atoms with E-state index in [2.05, 4.69) is 5.32 Å². The van der Waals surface area contributed by atoms with Crippen LogP contribution in [0.15, 0.2) is 18.2 Å². The van der Waals surface area contributed by atoms with Crippen LogP contribution in [0.1, 0.15) is 23.2 Å². The summed E-state index contributed by atoms with van der Waals surface area (Å²) in [6, 6.07) is 4.67. The third-order valence-corrected chi connectivity index (χ3v) is 4.80. The van der Waals surface area contributed by atoms with Crippen molar-refractivity contribution in [1.82, 2.24) is 9.62 Å². The number of amides is 1. The van der Waals surface area contributed by atoms with Gasteiger partial charge in [-0.3, -0.25) is 4.79 Å². The highest BCUT2D eigenvalue weighted by Gasteiger charge is 2.26. The molecule has 5 N–H and O–H groups in total. The Kier molecular flexibility index (Phi) is 4.38. The first-order chi connectivity index (χ1) is 9.75. The molecule has 0 spiro atoms. The Morgan fingerprint density at radius 3 is 2.19 bits per heavy atom. The number of carbonyl (C=O) groups is 1. The van der Waals surface area contributed by atoms with Gasteiger partial charge in [0, 0.05) is 36.1 Å². The Balaban J connectivity index is 1.96. The first-order valence-electron chi connectivity index (χ1n) is 6.68. The highest BCUT2D eigenvalue weighted by molar-refractivity contribution is 7.88. The summed E-state index contributed by atoms with van der Waals surface area (Å²) in [7, 11) is -3.15. The lowest BCUT2D eigenvalue weighted by Crippen LogP contribution is -2.46. The van der Waals surface area contributed by atoms with E-state index in [0.29, 0.717) is 42.9 Å². The number of nitrogens with two attached hydrogens (primary N) is 2. The van der Waals surface area contributed by atoms with E-state index < -0.39 is 10.0 Å². The van der Waals surface area contributed by atoms with Crippen LogP contribution in [-0.4, -0.2) is 44.0 Å². The van der Waals surface area contributed by atoms with Gasteiger partial charge in [0.1, 0.15) is 0 Å². The summed E-state index contributed by atoms with van der Waals surface area (Å²) in [6.45, 7) is 0.839. The highest BCUT2D eigenvalue weighted by atomic mass is 32.2. The molecule has 1 aromatic carbocycles. The molecule has 8 heteroatoms. The zero-order valence-corrected chi connectivity index (χ0v) is 12.7. The van der Waals surface area contributed by atoms with Gasteiger partial charge in [0.25, 0.3) is 5.91 Å². The fourth-order valence-corrected chi connectivity index (χ4v) is 3.28. The Labute approximate surface area is 124 Å². The lowest BCUT2D eigenvalue weighted by molar-refractivity contribution is 0.0924. The van der Waals surface area contributed by atoms with Crippen LogP contribution < -0.4 is 16.8 Å². The summed E-state index contributed by atoms with van der Waals surface area (Å²) < 4.78 is 24.3. The van der Waals surface area contributed by atoms with Crippen LogP contribution in [0.4, 0.5) is 11.4 Å². The number of piperidine rings is 1. The maximum atomic E-state index is 12.1. The van der Waals surface area contributed by atoms with Crippen molar-refractivity contribution < 1.29 is 13.2 Å². The number of carbonyl (C=O) groups excluding carboxylic acids is 1. The first kappa shape index (κ1) is 15.6. The van der Waals surface area contributed by atoms with Crippen LogP contribution in [-0.2, 0) is 10.0 Å². The molecule has 0 saturated carbocycles. The Morgan fingerprint density at radius 1 is 1.19 bits per heavy atom. The van der Waals surface area contributed by atoms with Crippen LogP contribution in [0.3, 0.4) is 0 Å². The molecule has 0 radical (unpaired) electrons. The lowest BCUT2D eigenvalue weighted by atomic mass is 10.1. The van der Waals surface area contributed by atoms with E-state index in [1.165, 1.54) is 10.6 Å². The summed E-state index contributed by atoms with van der Waals surface area (Å²) in [6.07, 6.45) is 2.38. The molecule has 0 atom stereocenters. The number of nitrogen functional groups attached to an aromatic ring is 2. The Bertz CT molecular complexity index is 617. The second kappa shape index (κ2) is 5.90. The lowest BCUT2D eigenvalue weighted by Gasteiger charge is -2.30. The van der Waals surface area contributed by atoms with Crippen LogP contribution >= 0.6 is 0 Å². The zero-order chi connectivity index (χ0) is 15.6. The number of sulfonamides is 1. The van der Waals surface area contributed by atoms with E-state index in [0.717, 1.165) is 0 Å². The Hall–Kier alpha value is -1.80. The van der Waals surface area contributed by atoms with Gasteiger partial charge in [-0.25, -0.2) is 12.7 Å². The van der Waals surface area contributed by atoms with Gasteiger partial charge in [0.05, 0.1) is 6.26 Å². The number of anilines is 2. The SMILES string of the molecule is CS(=O)(=O)N1CCC(NC(=O)c2cc(N)cc(N)c2)CC1. The quantitative estimate of drug-likeness (QED) is 0.679. The largest absolute Gasteiger partial charge is 0.399 e. The summed E-state index contributed by atoms with van der Waals surface area (Å²) in [5, 5.41) is 2.89. The number of hydrogen-bond acceptors (Lipinski definition) is 5. The van der Waals surface area contributed by atoms with Crippen molar-refractivity contribution in [2.24, 2.45) is 0 Å². The minimum absolute atomic E-state index is 0.0434. The molecule has 1 heterocycles. The molecule has 7 nitrogen and oxygen atoms in total. The van der Waals surface area contributed by atoms with E-state index in [4.69, 9.17) is 11.5 Å². The molecular weight excluding hydrogens is 292 g/mol. The predicted molar refractivity (Wildman–Crippen MR) is 82.2 cm³/mol. The van der Waals surface area contributed by atoms with Crippen molar-refractivity contribution in [3.8, 4) is 0 Å². The fourth-order valence-electron chi connectivity index (χ4n) is 2.41. The number of rotatable bonds is 3. The zero-order valence-electron chi connectivity index (χ0n) is 11.9. The van der Waals surface area contributed by atoms with Crippen LogP contribution in [0, 0.1) is 0 Å². The van der Waals surface area contributed by atoms with Crippen molar-refractivity contribution in [2.45, 2.75) is 18.9 Å². The van der Waals surface area contributed by atoms with Crippen LogP contribution in [0.25, 0.3) is 0 Å². The Morgan fingerprint density at radius 2 is 1.71 bits per heavy atom. The average Bonchev–Trinajstić information content (AvgIpc) is 2.37. The van der Waals surface area contributed by atoms with Crippen molar-refractivity contribution >= 4 is 27.3 Å². The number of nitrogens with zero attached hydrogens (tertiary/aromatic N) is 1. The molecule has 1 aliphatic rings. The molecule has 2 rings (SSSR count). The van der Waals surface area contributed by atoms with Gasteiger partial charge < -0.3 is 16.8 Å². The second-order valence-corrected chi connectivity index (χ2v) is 7.28. The molecular formula is C13H20N4O3S. The highest BCUT2D eigenvalue weighted by Crippen LogP contribution is 2.16. The third kappa shape index (κ3) is 4.08. The normalized spacial score (nSPS) is 17.6.